The number of carbonyl (C=O) groups excluding carboxylic acids is 1. The van der Waals surface area contributed by atoms with Crippen molar-refractivity contribution in [3.63, 3.8) is 0 Å². The van der Waals surface area contributed by atoms with Gasteiger partial charge in [-0.25, -0.2) is 9.78 Å². The molecule has 2 aromatic rings. The summed E-state index contributed by atoms with van der Waals surface area (Å²) in [6, 6.07) is 1.52. The van der Waals surface area contributed by atoms with E-state index in [4.69, 9.17) is 9.47 Å². The summed E-state index contributed by atoms with van der Waals surface area (Å²) in [6.07, 6.45) is 2.27. The molecule has 1 aliphatic heterocycles. The lowest BCUT2D eigenvalue weighted by Crippen LogP contribution is -2.46. The van der Waals surface area contributed by atoms with E-state index in [9.17, 15) is 14.4 Å². The van der Waals surface area contributed by atoms with Crippen LogP contribution < -0.4 is 11.1 Å². The Morgan fingerprint density at radius 1 is 1.23 bits per heavy atom. The van der Waals surface area contributed by atoms with Crippen molar-refractivity contribution in [2.75, 3.05) is 19.7 Å². The molecule has 0 aromatic carbocycles. The number of hydrogen-bond acceptors (Lipinski definition) is 6. The Bertz CT molecular complexity index is 1120. The molecule has 9 nitrogen and oxygen atoms in total. The van der Waals surface area contributed by atoms with E-state index in [0.717, 1.165) is 0 Å². The van der Waals surface area contributed by atoms with Crippen LogP contribution in [0, 0.1) is 0 Å². The summed E-state index contributed by atoms with van der Waals surface area (Å²) in [5, 5.41) is 0. The fourth-order valence-corrected chi connectivity index (χ4v) is 3.71. The van der Waals surface area contributed by atoms with E-state index in [1.165, 1.54) is 9.13 Å². The number of carbonyl (C=O) groups is 1. The second kappa shape index (κ2) is 8.56. The van der Waals surface area contributed by atoms with E-state index < -0.39 is 16.7 Å². The first kappa shape index (κ1) is 22.6. The number of pyridine rings is 1. The van der Waals surface area contributed by atoms with E-state index in [0.29, 0.717) is 55.0 Å². The van der Waals surface area contributed by atoms with E-state index in [1.807, 2.05) is 27.7 Å². The highest BCUT2D eigenvalue weighted by molar-refractivity contribution is 5.75. The highest BCUT2D eigenvalue weighted by atomic mass is 16.6. The minimum absolute atomic E-state index is 0.240. The average molecular weight is 431 g/mol. The smallest absolute Gasteiger partial charge is 0.410 e. The van der Waals surface area contributed by atoms with Gasteiger partial charge in [0.05, 0.1) is 12.1 Å². The molecule has 3 rings (SSSR count). The predicted octanol–water partition coefficient (Wildman–Crippen LogP) is 2.67. The lowest BCUT2D eigenvalue weighted by atomic mass is 10.0. The number of likely N-dealkylation sites (tertiary alicyclic amines) is 1. The topological polar surface area (TPSA) is 95.7 Å². The Balaban J connectivity index is 1.94. The SMILES string of the molecule is C=C(OCC)c1cnc2c(c1)n(C)c(=O)c(=O)n2C1CCN(C(=O)OC(C)(C)C)CC1. The maximum absolute atomic E-state index is 12.9. The van der Waals surface area contributed by atoms with E-state index in [-0.39, 0.29) is 12.1 Å². The zero-order valence-electron chi connectivity index (χ0n) is 18.8. The van der Waals surface area contributed by atoms with E-state index in [1.54, 1.807) is 24.2 Å². The lowest BCUT2D eigenvalue weighted by molar-refractivity contribution is 0.0188. The third-order valence-corrected chi connectivity index (χ3v) is 5.27. The molecule has 0 atom stereocenters. The minimum atomic E-state index is -0.622. The van der Waals surface area contributed by atoms with Gasteiger partial charge in [0, 0.05) is 37.9 Å². The number of amides is 1. The molecule has 1 amide bonds. The van der Waals surface area contributed by atoms with Crippen LogP contribution in [0.15, 0.2) is 28.4 Å². The molecule has 1 saturated heterocycles. The first-order valence-electron chi connectivity index (χ1n) is 10.4. The van der Waals surface area contributed by atoms with E-state index in [2.05, 4.69) is 11.6 Å². The molecule has 0 bridgehead atoms. The van der Waals surface area contributed by atoms with Gasteiger partial charge in [-0.1, -0.05) is 6.58 Å². The number of ether oxygens (including phenoxy) is 2. The molecule has 0 saturated carbocycles. The van der Waals surface area contributed by atoms with Gasteiger partial charge in [0.15, 0.2) is 5.65 Å². The van der Waals surface area contributed by atoms with Crippen LogP contribution in [-0.4, -0.2) is 50.4 Å². The van der Waals surface area contributed by atoms with Crippen LogP contribution in [0.4, 0.5) is 4.79 Å². The second-order valence-corrected chi connectivity index (χ2v) is 8.66. The van der Waals surface area contributed by atoms with Gasteiger partial charge in [-0.3, -0.25) is 14.2 Å². The Hall–Kier alpha value is -3.10. The van der Waals surface area contributed by atoms with Crippen LogP contribution in [0.2, 0.25) is 0 Å². The fourth-order valence-electron chi connectivity index (χ4n) is 3.71. The summed E-state index contributed by atoms with van der Waals surface area (Å²) in [7, 11) is 1.55. The maximum atomic E-state index is 12.9. The van der Waals surface area contributed by atoms with Gasteiger partial charge in [-0.2, -0.15) is 0 Å². The van der Waals surface area contributed by atoms with Crippen molar-refractivity contribution >= 4 is 23.0 Å². The van der Waals surface area contributed by atoms with Gasteiger partial charge in [-0.15, -0.1) is 0 Å². The van der Waals surface area contributed by atoms with Crippen LogP contribution in [0.25, 0.3) is 16.9 Å². The van der Waals surface area contributed by atoms with Crippen LogP contribution in [-0.2, 0) is 16.5 Å². The van der Waals surface area contributed by atoms with Crippen LogP contribution in [0.3, 0.4) is 0 Å². The van der Waals surface area contributed by atoms with Gasteiger partial charge < -0.3 is 18.9 Å². The molecule has 0 radical (unpaired) electrons. The zero-order chi connectivity index (χ0) is 22.9. The summed E-state index contributed by atoms with van der Waals surface area (Å²) in [5.74, 6) is 0.452. The molecule has 3 heterocycles. The minimum Gasteiger partial charge on any atom is -0.494 e. The van der Waals surface area contributed by atoms with Crippen molar-refractivity contribution in [3.8, 4) is 0 Å². The number of aryl methyl sites for hydroxylation is 1. The number of aromatic nitrogens is 3. The third kappa shape index (κ3) is 4.65. The molecule has 0 spiro atoms. The number of rotatable bonds is 4. The molecular weight excluding hydrogens is 400 g/mol. The molecule has 0 aliphatic carbocycles. The highest BCUT2D eigenvalue weighted by Gasteiger charge is 2.29. The fraction of sp³-hybridized carbons (Fsp3) is 0.545. The molecular formula is C22H30N4O5. The number of nitrogens with zero attached hydrogens (tertiary/aromatic N) is 4. The largest absolute Gasteiger partial charge is 0.494 e. The predicted molar refractivity (Wildman–Crippen MR) is 118 cm³/mol. The Morgan fingerprint density at radius 3 is 2.45 bits per heavy atom. The van der Waals surface area contributed by atoms with Gasteiger partial charge in [0.25, 0.3) is 0 Å². The summed E-state index contributed by atoms with van der Waals surface area (Å²) < 4.78 is 13.7. The van der Waals surface area contributed by atoms with Gasteiger partial charge in [0.2, 0.25) is 0 Å². The van der Waals surface area contributed by atoms with E-state index >= 15 is 0 Å². The van der Waals surface area contributed by atoms with Crippen molar-refractivity contribution in [1.82, 2.24) is 19.0 Å². The average Bonchev–Trinajstić information content (AvgIpc) is 2.71. The van der Waals surface area contributed by atoms with Crippen molar-refractivity contribution in [3.05, 3.63) is 45.1 Å². The summed E-state index contributed by atoms with van der Waals surface area (Å²) in [4.78, 5) is 44.0. The highest BCUT2D eigenvalue weighted by Crippen LogP contribution is 2.26. The van der Waals surface area contributed by atoms with Crippen LogP contribution in [0.5, 0.6) is 0 Å². The standard InChI is InChI=1S/C22H30N4O5/c1-7-30-14(2)15-12-17-18(23-13-15)26(20(28)19(27)24(17)6)16-8-10-25(11-9-16)21(29)31-22(3,4)5/h12-13,16H,2,7-11H2,1,3-6H3. The first-order valence-corrected chi connectivity index (χ1v) is 10.4. The molecule has 1 aliphatic rings. The van der Waals surface area contributed by atoms with Crippen molar-refractivity contribution in [2.45, 2.75) is 52.2 Å². The quantitative estimate of drug-likeness (QED) is 0.547. The molecule has 9 heteroatoms. The summed E-state index contributed by atoms with van der Waals surface area (Å²) in [6.45, 7) is 12.5. The molecule has 2 aromatic heterocycles. The number of piperidine rings is 1. The van der Waals surface area contributed by atoms with Gasteiger partial charge >= 0.3 is 17.2 Å². The Kier molecular flexibility index (Phi) is 6.24. The first-order chi connectivity index (χ1) is 14.5. The molecule has 0 N–H and O–H groups in total. The molecule has 31 heavy (non-hydrogen) atoms. The second-order valence-electron chi connectivity index (χ2n) is 8.66. The maximum Gasteiger partial charge on any atom is 0.410 e. The molecule has 1 fully saturated rings. The lowest BCUT2D eigenvalue weighted by Gasteiger charge is -2.34. The number of fused-ring (bicyclic) bond motifs is 1. The van der Waals surface area contributed by atoms with Crippen molar-refractivity contribution in [2.24, 2.45) is 7.05 Å². The number of hydrogen-bond donors (Lipinski definition) is 0. The summed E-state index contributed by atoms with van der Waals surface area (Å²) in [5.41, 5.74) is -0.208. The Labute approximate surface area is 180 Å². The van der Waals surface area contributed by atoms with Crippen molar-refractivity contribution < 1.29 is 14.3 Å². The normalized spacial score (nSPS) is 15.2. The van der Waals surface area contributed by atoms with Gasteiger partial charge in [0.1, 0.15) is 11.4 Å². The molecule has 168 valence electrons. The van der Waals surface area contributed by atoms with Crippen LogP contribution in [0.1, 0.15) is 52.1 Å². The van der Waals surface area contributed by atoms with Crippen molar-refractivity contribution in [1.29, 1.82) is 0 Å². The van der Waals surface area contributed by atoms with Gasteiger partial charge in [-0.05, 0) is 46.6 Å². The monoisotopic (exact) mass is 430 g/mol. The zero-order valence-corrected chi connectivity index (χ0v) is 18.8. The Morgan fingerprint density at radius 2 is 1.87 bits per heavy atom. The summed E-state index contributed by atoms with van der Waals surface area (Å²) >= 11 is 0. The third-order valence-electron chi connectivity index (χ3n) is 5.27. The van der Waals surface area contributed by atoms with Crippen LogP contribution >= 0.6 is 0 Å². The molecule has 0 unspecified atom stereocenters.